The van der Waals surface area contributed by atoms with Gasteiger partial charge in [0.1, 0.15) is 11.9 Å². The molecule has 1 aromatic heterocycles. The number of urea groups is 1. The van der Waals surface area contributed by atoms with Gasteiger partial charge in [-0.3, -0.25) is 10.1 Å². The number of carbonyl (C=O) groups excluding carboxylic acids is 2. The predicted octanol–water partition coefficient (Wildman–Crippen LogP) is 1.50. The third-order valence-corrected chi connectivity index (χ3v) is 3.83. The fraction of sp³-hybridized carbons (Fsp3) is 0.417. The van der Waals surface area contributed by atoms with Gasteiger partial charge in [0.2, 0.25) is 5.91 Å². The summed E-state index contributed by atoms with van der Waals surface area (Å²) < 4.78 is 0.881. The second kappa shape index (κ2) is 5.56. The quantitative estimate of drug-likeness (QED) is 0.865. The molecule has 1 aliphatic rings. The van der Waals surface area contributed by atoms with E-state index in [1.54, 1.807) is 18.0 Å². The number of nitrogens with zero attached hydrogens (tertiary/aromatic N) is 2. The van der Waals surface area contributed by atoms with E-state index in [2.05, 4.69) is 31.5 Å². The summed E-state index contributed by atoms with van der Waals surface area (Å²) in [6.07, 6.45) is 0.634. The lowest BCUT2D eigenvalue weighted by molar-refractivity contribution is -0.128. The van der Waals surface area contributed by atoms with Crippen molar-refractivity contribution in [3.8, 4) is 0 Å². The first-order valence-electron chi connectivity index (χ1n) is 5.93. The Kier molecular flexibility index (Phi) is 4.04. The molecular formula is C12H15BrN4O2. The van der Waals surface area contributed by atoms with Gasteiger partial charge < -0.3 is 10.2 Å². The molecule has 1 atom stereocenters. The normalized spacial score (nSPS) is 18.6. The van der Waals surface area contributed by atoms with Crippen LogP contribution in [0.4, 0.5) is 10.6 Å². The van der Waals surface area contributed by atoms with Gasteiger partial charge in [-0.15, -0.1) is 0 Å². The van der Waals surface area contributed by atoms with Crippen LogP contribution in [0, 0.1) is 6.92 Å². The zero-order valence-electron chi connectivity index (χ0n) is 10.7. The van der Waals surface area contributed by atoms with Crippen LogP contribution >= 0.6 is 15.9 Å². The molecule has 2 heterocycles. The van der Waals surface area contributed by atoms with Gasteiger partial charge in [-0.05, 0) is 41.4 Å². The van der Waals surface area contributed by atoms with E-state index in [1.807, 2.05) is 13.0 Å². The summed E-state index contributed by atoms with van der Waals surface area (Å²) in [4.78, 5) is 29.2. The number of likely N-dealkylation sites (N-methyl/N-ethyl adjacent to an activating group) is 1. The summed E-state index contributed by atoms with van der Waals surface area (Å²) in [6.45, 7) is 2.50. The lowest BCUT2D eigenvalue weighted by Gasteiger charge is -2.13. The van der Waals surface area contributed by atoms with Gasteiger partial charge >= 0.3 is 6.03 Å². The lowest BCUT2D eigenvalue weighted by Crippen LogP contribution is -2.42. The third-order valence-electron chi connectivity index (χ3n) is 3.00. The van der Waals surface area contributed by atoms with Gasteiger partial charge in [-0.2, -0.15) is 0 Å². The lowest BCUT2D eigenvalue weighted by atomic mass is 10.2. The van der Waals surface area contributed by atoms with Crippen LogP contribution < -0.4 is 10.6 Å². The van der Waals surface area contributed by atoms with Gasteiger partial charge in [-0.1, -0.05) is 0 Å². The maximum atomic E-state index is 11.8. The van der Waals surface area contributed by atoms with Crippen LogP contribution in [0.3, 0.4) is 0 Å². The monoisotopic (exact) mass is 326 g/mol. The van der Waals surface area contributed by atoms with E-state index in [0.717, 1.165) is 10.2 Å². The second-order valence-corrected chi connectivity index (χ2v) is 5.32. The van der Waals surface area contributed by atoms with E-state index in [4.69, 9.17) is 0 Å². The van der Waals surface area contributed by atoms with Crippen molar-refractivity contribution in [1.82, 2.24) is 15.2 Å². The van der Waals surface area contributed by atoms with Crippen LogP contribution in [0.5, 0.6) is 0 Å². The fourth-order valence-electron chi connectivity index (χ4n) is 1.88. The van der Waals surface area contributed by atoms with Gasteiger partial charge in [-0.25, -0.2) is 9.78 Å². The highest BCUT2D eigenvalue weighted by atomic mass is 79.9. The summed E-state index contributed by atoms with van der Waals surface area (Å²) in [5.74, 6) is 0.395. The van der Waals surface area contributed by atoms with Crippen LogP contribution in [0.1, 0.15) is 12.1 Å². The molecule has 2 rings (SSSR count). The maximum absolute atomic E-state index is 11.8. The van der Waals surface area contributed by atoms with Crippen molar-refractivity contribution >= 4 is 33.7 Å². The van der Waals surface area contributed by atoms with E-state index in [9.17, 15) is 9.59 Å². The van der Waals surface area contributed by atoms with E-state index in [0.29, 0.717) is 18.8 Å². The SMILES string of the molecule is Cc1nc(NC(=O)N[C@@H]2CCN(C)C2=O)ccc1Br. The van der Waals surface area contributed by atoms with Crippen LogP contribution in [0.25, 0.3) is 0 Å². The molecule has 19 heavy (non-hydrogen) atoms. The first-order chi connectivity index (χ1) is 8.97. The number of rotatable bonds is 2. The Morgan fingerprint density at radius 1 is 1.53 bits per heavy atom. The van der Waals surface area contributed by atoms with E-state index >= 15 is 0 Å². The molecule has 1 aliphatic heterocycles. The summed E-state index contributed by atoms with van der Waals surface area (Å²) in [6, 6.07) is 2.65. The molecule has 1 aromatic rings. The average molecular weight is 327 g/mol. The fourth-order valence-corrected chi connectivity index (χ4v) is 2.10. The molecule has 0 unspecified atom stereocenters. The summed E-state index contributed by atoms with van der Waals surface area (Å²) >= 11 is 3.34. The van der Waals surface area contributed by atoms with Crippen molar-refractivity contribution in [2.45, 2.75) is 19.4 Å². The molecule has 102 valence electrons. The first-order valence-corrected chi connectivity index (χ1v) is 6.72. The molecule has 0 spiro atoms. The Bertz CT molecular complexity index is 520. The average Bonchev–Trinajstić information content (AvgIpc) is 2.66. The van der Waals surface area contributed by atoms with Gasteiger partial charge in [0, 0.05) is 18.1 Å². The molecule has 0 bridgehead atoms. The highest BCUT2D eigenvalue weighted by Crippen LogP contribution is 2.16. The van der Waals surface area contributed by atoms with Crippen molar-refractivity contribution in [1.29, 1.82) is 0 Å². The van der Waals surface area contributed by atoms with E-state index in [-0.39, 0.29) is 5.91 Å². The maximum Gasteiger partial charge on any atom is 0.321 e. The Balaban J connectivity index is 1.94. The number of aryl methyl sites for hydroxylation is 1. The molecule has 7 heteroatoms. The molecule has 0 saturated carbocycles. The number of amides is 3. The third kappa shape index (κ3) is 3.23. The highest BCUT2D eigenvalue weighted by Gasteiger charge is 2.30. The molecular weight excluding hydrogens is 312 g/mol. The minimum absolute atomic E-state index is 0.0601. The van der Waals surface area contributed by atoms with Crippen molar-refractivity contribution in [2.24, 2.45) is 0 Å². The molecule has 0 aliphatic carbocycles. The minimum atomic E-state index is -0.443. The summed E-state index contributed by atoms with van der Waals surface area (Å²) in [5, 5.41) is 5.27. The predicted molar refractivity (Wildman–Crippen MR) is 74.9 cm³/mol. The van der Waals surface area contributed by atoms with Gasteiger partial charge in [0.25, 0.3) is 0 Å². The zero-order chi connectivity index (χ0) is 14.0. The molecule has 0 radical (unpaired) electrons. The second-order valence-electron chi connectivity index (χ2n) is 4.46. The largest absolute Gasteiger partial charge is 0.344 e. The number of hydrogen-bond donors (Lipinski definition) is 2. The number of hydrogen-bond acceptors (Lipinski definition) is 3. The Hall–Kier alpha value is -1.63. The van der Waals surface area contributed by atoms with Crippen molar-refractivity contribution in [3.63, 3.8) is 0 Å². The standard InChI is InChI=1S/C12H15BrN4O2/c1-7-8(13)3-4-10(14-7)16-12(19)15-9-5-6-17(2)11(9)18/h3-4,9H,5-6H2,1-2H3,(H2,14,15,16,19)/t9-/m1/s1. The number of carbonyl (C=O) groups is 2. The van der Waals surface area contributed by atoms with Crippen LogP contribution in [0.15, 0.2) is 16.6 Å². The van der Waals surface area contributed by atoms with Crippen LogP contribution in [-0.2, 0) is 4.79 Å². The molecule has 6 nitrogen and oxygen atoms in total. The number of aromatic nitrogens is 1. The van der Waals surface area contributed by atoms with E-state index < -0.39 is 12.1 Å². The number of halogens is 1. The number of anilines is 1. The topological polar surface area (TPSA) is 74.3 Å². The first kappa shape index (κ1) is 13.8. The molecule has 1 fully saturated rings. The van der Waals surface area contributed by atoms with Gasteiger partial charge in [0.05, 0.1) is 5.69 Å². The smallest absolute Gasteiger partial charge is 0.321 e. The Morgan fingerprint density at radius 3 is 2.84 bits per heavy atom. The number of pyridine rings is 1. The molecule has 1 saturated heterocycles. The Labute approximate surface area is 119 Å². The number of likely N-dealkylation sites (tertiary alicyclic amines) is 1. The van der Waals surface area contributed by atoms with Crippen LogP contribution in [-0.4, -0.2) is 41.5 Å². The Morgan fingerprint density at radius 2 is 2.26 bits per heavy atom. The molecule has 2 N–H and O–H groups in total. The van der Waals surface area contributed by atoms with Crippen LogP contribution in [0.2, 0.25) is 0 Å². The zero-order valence-corrected chi connectivity index (χ0v) is 12.3. The van der Waals surface area contributed by atoms with Crippen molar-refractivity contribution in [2.75, 3.05) is 18.9 Å². The highest BCUT2D eigenvalue weighted by molar-refractivity contribution is 9.10. The molecule has 3 amide bonds. The van der Waals surface area contributed by atoms with E-state index in [1.165, 1.54) is 0 Å². The summed E-state index contributed by atoms with van der Waals surface area (Å²) in [5.41, 5.74) is 0.787. The minimum Gasteiger partial charge on any atom is -0.344 e. The number of nitrogens with one attached hydrogen (secondary N) is 2. The van der Waals surface area contributed by atoms with Crippen molar-refractivity contribution < 1.29 is 9.59 Å². The molecule has 0 aromatic carbocycles. The van der Waals surface area contributed by atoms with Gasteiger partial charge in [0.15, 0.2) is 0 Å². The summed E-state index contributed by atoms with van der Waals surface area (Å²) in [7, 11) is 1.72. The van der Waals surface area contributed by atoms with Crippen molar-refractivity contribution in [3.05, 3.63) is 22.3 Å².